The molecule has 0 aliphatic carbocycles. The first-order valence-corrected chi connectivity index (χ1v) is 3.08. The fraction of sp³-hybridized carbons (Fsp3) is 0.250. The maximum Gasteiger partial charge on any atom is 1.00 e. The Kier molecular flexibility index (Phi) is 5.60. The summed E-state index contributed by atoms with van der Waals surface area (Å²) in [5, 5.41) is 10.4. The molecule has 0 saturated heterocycles. The van der Waals surface area contributed by atoms with Gasteiger partial charge in [-0.05, 0) is 11.6 Å². The summed E-state index contributed by atoms with van der Waals surface area (Å²) in [5.41, 5.74) is 0.713. The van der Waals surface area contributed by atoms with Crippen molar-refractivity contribution in [2.75, 3.05) is 7.11 Å². The van der Waals surface area contributed by atoms with Crippen molar-refractivity contribution in [1.29, 1.82) is 0 Å². The molecule has 0 unspecified atom stereocenters. The fourth-order valence-electron chi connectivity index (χ4n) is 0.822. The molecule has 1 aromatic carbocycles. The molecule has 0 N–H and O–H groups in total. The molecule has 2 nitrogen and oxygen atoms in total. The minimum Gasteiger partial charge on any atom is -0.851 e. The van der Waals surface area contributed by atoms with Gasteiger partial charge in [-0.2, -0.15) is 0 Å². The first-order chi connectivity index (χ1) is 4.88. The quantitative estimate of drug-likeness (QED) is 0.450. The summed E-state index contributed by atoms with van der Waals surface area (Å²) in [4.78, 5) is 0. The summed E-state index contributed by atoms with van der Waals surface area (Å²) in [6.07, 6.45) is 0. The molecule has 0 spiro atoms. The van der Waals surface area contributed by atoms with Crippen LogP contribution in [0.1, 0.15) is 5.56 Å². The summed E-state index contributed by atoms with van der Waals surface area (Å²) in [6, 6.07) is 7.23. The Morgan fingerprint density at radius 3 is 2.45 bits per heavy atom. The van der Waals surface area contributed by atoms with E-state index in [0.717, 1.165) is 0 Å². The normalized spacial score (nSPS) is 8.55. The zero-order valence-corrected chi connectivity index (χ0v) is 8.83. The van der Waals surface area contributed by atoms with Crippen LogP contribution in [0, 0.1) is 0 Å². The third-order valence-corrected chi connectivity index (χ3v) is 1.35. The van der Waals surface area contributed by atoms with Gasteiger partial charge in [0.1, 0.15) is 5.75 Å². The SMILES string of the molecule is COc1ccccc1C[O-].[Na+]. The summed E-state index contributed by atoms with van der Waals surface area (Å²) in [5.74, 6) is 0.678. The van der Waals surface area contributed by atoms with Crippen LogP contribution >= 0.6 is 0 Å². The molecule has 0 atom stereocenters. The molecule has 0 heterocycles. The van der Waals surface area contributed by atoms with E-state index in [9.17, 15) is 5.11 Å². The zero-order valence-electron chi connectivity index (χ0n) is 6.83. The van der Waals surface area contributed by atoms with Crippen LogP contribution in [0.3, 0.4) is 0 Å². The van der Waals surface area contributed by atoms with Crippen LogP contribution in [0.15, 0.2) is 24.3 Å². The van der Waals surface area contributed by atoms with E-state index in [1.54, 1.807) is 19.2 Å². The maximum atomic E-state index is 10.4. The Bertz CT molecular complexity index is 190. The van der Waals surface area contributed by atoms with Crippen LogP contribution in [-0.4, -0.2) is 7.11 Å². The molecular weight excluding hydrogens is 151 g/mol. The molecule has 3 heteroatoms. The Morgan fingerprint density at radius 2 is 2.00 bits per heavy atom. The van der Waals surface area contributed by atoms with Crippen LogP contribution in [-0.2, 0) is 6.61 Å². The van der Waals surface area contributed by atoms with Gasteiger partial charge in [0.25, 0.3) is 0 Å². The van der Waals surface area contributed by atoms with Crippen molar-refractivity contribution in [3.8, 4) is 5.75 Å². The second kappa shape index (κ2) is 5.61. The summed E-state index contributed by atoms with van der Waals surface area (Å²) < 4.78 is 4.94. The van der Waals surface area contributed by atoms with Gasteiger partial charge in [-0.25, -0.2) is 0 Å². The van der Waals surface area contributed by atoms with Crippen molar-refractivity contribution in [2.24, 2.45) is 0 Å². The summed E-state index contributed by atoms with van der Waals surface area (Å²) in [7, 11) is 1.56. The average Bonchev–Trinajstić information content (AvgIpc) is 2.04. The first kappa shape index (κ1) is 11.0. The van der Waals surface area contributed by atoms with Gasteiger partial charge in [0, 0.05) is 0 Å². The summed E-state index contributed by atoms with van der Waals surface area (Å²) >= 11 is 0. The number of para-hydroxylation sites is 1. The molecule has 11 heavy (non-hydrogen) atoms. The average molecular weight is 160 g/mol. The number of hydrogen-bond donors (Lipinski definition) is 0. The molecule has 0 saturated carbocycles. The molecule has 1 rings (SSSR count). The number of benzene rings is 1. The molecule has 1 aromatic rings. The third kappa shape index (κ3) is 2.83. The van der Waals surface area contributed by atoms with E-state index in [1.165, 1.54) is 0 Å². The van der Waals surface area contributed by atoms with Gasteiger partial charge in [0.05, 0.1) is 7.11 Å². The number of rotatable bonds is 2. The first-order valence-electron chi connectivity index (χ1n) is 3.08. The van der Waals surface area contributed by atoms with E-state index in [0.29, 0.717) is 11.3 Å². The maximum absolute atomic E-state index is 10.4. The predicted octanol–water partition coefficient (Wildman–Crippen LogP) is -2.44. The number of methoxy groups -OCH3 is 1. The van der Waals surface area contributed by atoms with Gasteiger partial charge < -0.3 is 9.84 Å². The van der Waals surface area contributed by atoms with Gasteiger partial charge >= 0.3 is 29.6 Å². The molecule has 0 amide bonds. The monoisotopic (exact) mass is 160 g/mol. The predicted molar refractivity (Wildman–Crippen MR) is 36.7 cm³/mol. The minimum atomic E-state index is -0.218. The Labute approximate surface area is 88.5 Å². The fourth-order valence-corrected chi connectivity index (χ4v) is 0.822. The van der Waals surface area contributed by atoms with Crippen molar-refractivity contribution < 1.29 is 39.4 Å². The van der Waals surface area contributed by atoms with Crippen molar-refractivity contribution in [1.82, 2.24) is 0 Å². The molecule has 0 radical (unpaired) electrons. The van der Waals surface area contributed by atoms with Crippen LogP contribution in [0.4, 0.5) is 0 Å². The van der Waals surface area contributed by atoms with E-state index >= 15 is 0 Å². The third-order valence-electron chi connectivity index (χ3n) is 1.35. The topological polar surface area (TPSA) is 32.3 Å². The molecule has 0 fully saturated rings. The van der Waals surface area contributed by atoms with Crippen LogP contribution in [0.5, 0.6) is 5.75 Å². The van der Waals surface area contributed by atoms with Gasteiger partial charge in [0.2, 0.25) is 0 Å². The Balaban J connectivity index is 0.000001000. The van der Waals surface area contributed by atoms with Crippen molar-refractivity contribution in [2.45, 2.75) is 6.61 Å². The van der Waals surface area contributed by atoms with E-state index in [2.05, 4.69) is 0 Å². The van der Waals surface area contributed by atoms with Crippen molar-refractivity contribution in [3.63, 3.8) is 0 Å². The second-order valence-corrected chi connectivity index (χ2v) is 1.96. The van der Waals surface area contributed by atoms with Gasteiger partial charge in [-0.3, -0.25) is 0 Å². The molecule has 0 aliphatic rings. The standard InChI is InChI=1S/C8H9O2.Na/c1-10-8-5-3-2-4-7(8)6-9;/h2-5H,6H2,1H3;/q-1;+1. The Hall–Kier alpha value is -0.0200. The van der Waals surface area contributed by atoms with E-state index in [-0.39, 0.29) is 36.2 Å². The van der Waals surface area contributed by atoms with Crippen LogP contribution in [0.2, 0.25) is 0 Å². The molecule has 0 aromatic heterocycles. The minimum absolute atomic E-state index is 0. The Morgan fingerprint density at radius 1 is 1.36 bits per heavy atom. The zero-order chi connectivity index (χ0) is 7.40. The molecular formula is C8H9NaO2. The van der Waals surface area contributed by atoms with E-state index < -0.39 is 0 Å². The second-order valence-electron chi connectivity index (χ2n) is 1.96. The largest absolute Gasteiger partial charge is 1.00 e. The number of hydrogen-bond acceptors (Lipinski definition) is 2. The van der Waals surface area contributed by atoms with Gasteiger partial charge in [0.15, 0.2) is 0 Å². The van der Waals surface area contributed by atoms with E-state index in [4.69, 9.17) is 4.74 Å². The van der Waals surface area contributed by atoms with Crippen molar-refractivity contribution >= 4 is 0 Å². The molecule has 54 valence electrons. The number of ether oxygens (including phenoxy) is 1. The van der Waals surface area contributed by atoms with Gasteiger partial charge in [-0.15, -0.1) is 6.61 Å². The molecule has 0 bridgehead atoms. The summed E-state index contributed by atoms with van der Waals surface area (Å²) in [6.45, 7) is -0.218. The van der Waals surface area contributed by atoms with Gasteiger partial charge in [-0.1, -0.05) is 18.2 Å². The van der Waals surface area contributed by atoms with Crippen LogP contribution < -0.4 is 39.4 Å². The van der Waals surface area contributed by atoms with Crippen molar-refractivity contribution in [3.05, 3.63) is 29.8 Å². The van der Waals surface area contributed by atoms with Crippen LogP contribution in [0.25, 0.3) is 0 Å². The van der Waals surface area contributed by atoms with E-state index in [1.807, 2.05) is 12.1 Å². The smallest absolute Gasteiger partial charge is 0.851 e. The molecule has 0 aliphatic heterocycles.